The Bertz CT molecular complexity index is 1100. The Hall–Kier alpha value is -4.20. The molecule has 1 heterocycles. The van der Waals surface area contributed by atoms with Gasteiger partial charge in [-0.2, -0.15) is 0 Å². The normalized spacial score (nSPS) is 10.2. The van der Waals surface area contributed by atoms with Crippen molar-refractivity contribution in [1.29, 1.82) is 0 Å². The minimum Gasteiger partial charge on any atom is -0.489 e. The smallest absolute Gasteiger partial charge is 0.337 e. The van der Waals surface area contributed by atoms with Crippen molar-refractivity contribution in [2.24, 2.45) is 0 Å². The number of carboxylic acid groups (broad SMARTS) is 1. The van der Waals surface area contributed by atoms with E-state index in [1.165, 1.54) is 30.3 Å². The largest absolute Gasteiger partial charge is 0.489 e. The molecule has 2 aromatic carbocycles. The van der Waals surface area contributed by atoms with Crippen molar-refractivity contribution >= 4 is 17.7 Å². The number of amides is 1. The number of anilines is 1. The van der Waals surface area contributed by atoms with Crippen molar-refractivity contribution in [1.82, 2.24) is 4.98 Å². The molecule has 1 aromatic heterocycles. The van der Waals surface area contributed by atoms with E-state index in [0.29, 0.717) is 17.1 Å². The number of nitrogens with zero attached hydrogens (tertiary/aromatic N) is 1. The zero-order valence-corrected chi connectivity index (χ0v) is 16.4. The third-order valence-electron chi connectivity index (χ3n) is 4.10. The molecule has 0 aliphatic heterocycles. The molecule has 8 heteroatoms. The van der Waals surface area contributed by atoms with Crippen LogP contribution in [0.3, 0.4) is 0 Å². The summed E-state index contributed by atoms with van der Waals surface area (Å²) in [6.07, 6.45) is 2.69. The van der Waals surface area contributed by atoms with Crippen LogP contribution in [0.1, 0.15) is 26.3 Å². The average molecular weight is 422 g/mol. The van der Waals surface area contributed by atoms with E-state index >= 15 is 0 Å². The Kier molecular flexibility index (Phi) is 6.95. The van der Waals surface area contributed by atoms with Gasteiger partial charge in [-0.15, -0.1) is 0 Å². The maximum Gasteiger partial charge on any atom is 0.337 e. The Balaban J connectivity index is 1.79. The first-order valence-electron chi connectivity index (χ1n) is 9.22. The molecule has 0 saturated carbocycles. The molecule has 0 bridgehead atoms. The fourth-order valence-electron chi connectivity index (χ4n) is 2.62. The topological polar surface area (TPSA) is 97.8 Å². The number of ether oxygens (including phenoxy) is 2. The number of nitrogens with one attached hydrogen (secondary N) is 1. The number of halogens is 1. The standard InChI is InChI=1S/C23H19FN2O5/c1-2-10-30-20-8-7-18(31-14-15-4-3-5-17(24)11-15)12-19(20)22(27)26-21-9-6-16(13-25-21)23(28)29/h2-9,11-13H,1,10,14H2,(H,28,29)(H,25,26,27). The number of benzene rings is 2. The van der Waals surface area contributed by atoms with E-state index in [2.05, 4.69) is 16.9 Å². The van der Waals surface area contributed by atoms with Crippen molar-refractivity contribution in [2.75, 3.05) is 11.9 Å². The fraction of sp³-hybridized carbons (Fsp3) is 0.0870. The summed E-state index contributed by atoms with van der Waals surface area (Å²) in [6, 6.07) is 13.4. The van der Waals surface area contributed by atoms with E-state index in [9.17, 15) is 14.0 Å². The Morgan fingerprint density at radius 2 is 1.97 bits per heavy atom. The summed E-state index contributed by atoms with van der Waals surface area (Å²) in [6.45, 7) is 3.89. The number of carboxylic acids is 1. The van der Waals surface area contributed by atoms with Crippen LogP contribution >= 0.6 is 0 Å². The molecule has 3 rings (SSSR count). The molecule has 7 nitrogen and oxygen atoms in total. The molecule has 3 aromatic rings. The van der Waals surface area contributed by atoms with Crippen LogP contribution in [0, 0.1) is 5.82 Å². The quantitative estimate of drug-likeness (QED) is 0.499. The molecule has 0 fully saturated rings. The molecule has 31 heavy (non-hydrogen) atoms. The van der Waals surface area contributed by atoms with Gasteiger partial charge < -0.3 is 19.9 Å². The van der Waals surface area contributed by atoms with E-state index in [4.69, 9.17) is 14.6 Å². The van der Waals surface area contributed by atoms with Crippen molar-refractivity contribution < 1.29 is 28.6 Å². The zero-order chi connectivity index (χ0) is 22.2. The van der Waals surface area contributed by atoms with Gasteiger partial charge in [0.25, 0.3) is 5.91 Å². The number of hydrogen-bond acceptors (Lipinski definition) is 5. The first kappa shape index (κ1) is 21.5. The zero-order valence-electron chi connectivity index (χ0n) is 16.4. The highest BCUT2D eigenvalue weighted by Crippen LogP contribution is 2.26. The summed E-state index contributed by atoms with van der Waals surface area (Å²) in [4.78, 5) is 27.7. The number of carbonyl (C=O) groups is 2. The highest BCUT2D eigenvalue weighted by Gasteiger charge is 2.16. The molecule has 1 amide bonds. The first-order valence-corrected chi connectivity index (χ1v) is 9.22. The predicted octanol–water partition coefficient (Wildman–Crippen LogP) is 4.32. The van der Waals surface area contributed by atoms with Gasteiger partial charge in [0.15, 0.2) is 0 Å². The van der Waals surface area contributed by atoms with Gasteiger partial charge in [0, 0.05) is 6.20 Å². The van der Waals surface area contributed by atoms with Gasteiger partial charge in [0.2, 0.25) is 0 Å². The molecule has 2 N–H and O–H groups in total. The minimum absolute atomic E-state index is 0.000695. The lowest BCUT2D eigenvalue weighted by Crippen LogP contribution is -2.15. The Morgan fingerprint density at radius 3 is 2.65 bits per heavy atom. The van der Waals surface area contributed by atoms with Gasteiger partial charge in [-0.25, -0.2) is 14.2 Å². The van der Waals surface area contributed by atoms with E-state index in [1.54, 1.807) is 30.3 Å². The highest BCUT2D eigenvalue weighted by atomic mass is 19.1. The number of rotatable bonds is 9. The third-order valence-corrected chi connectivity index (χ3v) is 4.10. The number of pyridine rings is 1. The molecule has 0 radical (unpaired) electrons. The van der Waals surface area contributed by atoms with E-state index in [1.807, 2.05) is 0 Å². The summed E-state index contributed by atoms with van der Waals surface area (Å²) in [7, 11) is 0. The molecule has 0 aliphatic carbocycles. The third kappa shape index (κ3) is 5.89. The second-order valence-electron chi connectivity index (χ2n) is 6.37. The van der Waals surface area contributed by atoms with Crippen LogP contribution in [0.5, 0.6) is 11.5 Å². The number of carbonyl (C=O) groups excluding carboxylic acids is 1. The van der Waals surface area contributed by atoms with Crippen molar-refractivity contribution in [2.45, 2.75) is 6.61 Å². The SMILES string of the molecule is C=CCOc1ccc(OCc2cccc(F)c2)cc1C(=O)Nc1ccc(C(=O)O)cn1. The fourth-order valence-corrected chi connectivity index (χ4v) is 2.62. The predicted molar refractivity (Wildman–Crippen MR) is 112 cm³/mol. The van der Waals surface area contributed by atoms with E-state index < -0.39 is 11.9 Å². The van der Waals surface area contributed by atoms with Gasteiger partial charge in [-0.1, -0.05) is 24.8 Å². The van der Waals surface area contributed by atoms with Gasteiger partial charge in [-0.05, 0) is 48.0 Å². The molecule has 0 aliphatic rings. The molecule has 0 unspecified atom stereocenters. The van der Waals surface area contributed by atoms with Crippen LogP contribution in [-0.4, -0.2) is 28.6 Å². The minimum atomic E-state index is -1.12. The second-order valence-corrected chi connectivity index (χ2v) is 6.37. The Labute approximate surface area is 177 Å². The summed E-state index contributed by atoms with van der Waals surface area (Å²) in [5.41, 5.74) is 0.823. The van der Waals surface area contributed by atoms with E-state index in [0.717, 1.165) is 6.20 Å². The molecule has 0 spiro atoms. The van der Waals surface area contributed by atoms with Gasteiger partial charge in [0.05, 0.1) is 11.1 Å². The highest BCUT2D eigenvalue weighted by molar-refractivity contribution is 6.06. The molecule has 0 atom stereocenters. The van der Waals surface area contributed by atoms with Crippen LogP contribution in [-0.2, 0) is 6.61 Å². The summed E-state index contributed by atoms with van der Waals surface area (Å²) in [5, 5.41) is 11.5. The Morgan fingerprint density at radius 1 is 1.13 bits per heavy atom. The van der Waals surface area contributed by atoms with Crippen molar-refractivity contribution in [3.63, 3.8) is 0 Å². The molecular formula is C23H19FN2O5. The maximum absolute atomic E-state index is 13.3. The molecule has 0 saturated heterocycles. The summed E-state index contributed by atoms with van der Waals surface area (Å²) < 4.78 is 24.6. The van der Waals surface area contributed by atoms with Crippen LogP contribution < -0.4 is 14.8 Å². The summed E-state index contributed by atoms with van der Waals surface area (Å²) in [5.74, 6) is -1.14. The number of aromatic carboxylic acids is 1. The van der Waals surface area contributed by atoms with Crippen LogP contribution in [0.15, 0.2) is 73.4 Å². The van der Waals surface area contributed by atoms with Crippen LogP contribution in [0.25, 0.3) is 0 Å². The molecule has 158 valence electrons. The average Bonchev–Trinajstić information content (AvgIpc) is 2.77. The lowest BCUT2D eigenvalue weighted by atomic mass is 10.1. The van der Waals surface area contributed by atoms with Crippen LogP contribution in [0.4, 0.5) is 10.2 Å². The van der Waals surface area contributed by atoms with Gasteiger partial charge in [-0.3, -0.25) is 4.79 Å². The lowest BCUT2D eigenvalue weighted by molar-refractivity contribution is 0.0696. The molecular weight excluding hydrogens is 403 g/mol. The summed E-state index contributed by atoms with van der Waals surface area (Å²) >= 11 is 0. The van der Waals surface area contributed by atoms with Gasteiger partial charge >= 0.3 is 5.97 Å². The van der Waals surface area contributed by atoms with Gasteiger partial charge in [0.1, 0.15) is 36.3 Å². The maximum atomic E-state index is 13.3. The monoisotopic (exact) mass is 422 g/mol. The number of hydrogen-bond donors (Lipinski definition) is 2. The lowest BCUT2D eigenvalue weighted by Gasteiger charge is -2.13. The first-order chi connectivity index (χ1) is 15.0. The van der Waals surface area contributed by atoms with Crippen molar-refractivity contribution in [3.8, 4) is 11.5 Å². The second kappa shape index (κ2) is 10.0. The number of aromatic nitrogens is 1. The van der Waals surface area contributed by atoms with Crippen LogP contribution in [0.2, 0.25) is 0 Å². The van der Waals surface area contributed by atoms with E-state index in [-0.39, 0.29) is 36.0 Å². The van der Waals surface area contributed by atoms with Crippen molar-refractivity contribution in [3.05, 3.63) is 96.0 Å².